The molecule has 0 saturated carbocycles. The van der Waals surface area contributed by atoms with Gasteiger partial charge >= 0.3 is 0 Å². The quantitative estimate of drug-likeness (QED) is 0.457. The SMILES string of the molecule is Nc1ncnc2c3c(n(-c4ccc(NC(=O)Cc5ccc(Cl)c(Cl)c5)cc4)c12)CCC3. The molecule has 0 spiro atoms. The molecule has 0 fully saturated rings. The lowest BCUT2D eigenvalue weighted by Gasteiger charge is -2.12. The predicted octanol–water partition coefficient (Wildman–Crippen LogP) is 4.98. The van der Waals surface area contributed by atoms with Crippen molar-refractivity contribution in [2.75, 3.05) is 11.1 Å². The normalized spacial score (nSPS) is 12.8. The maximum Gasteiger partial charge on any atom is 0.228 e. The van der Waals surface area contributed by atoms with E-state index in [2.05, 4.69) is 19.9 Å². The zero-order chi connectivity index (χ0) is 21.5. The summed E-state index contributed by atoms with van der Waals surface area (Å²) in [5.74, 6) is 0.342. The lowest BCUT2D eigenvalue weighted by Crippen LogP contribution is -2.14. The third-order valence-electron chi connectivity index (χ3n) is 5.58. The molecule has 1 amide bonds. The Kier molecular flexibility index (Phi) is 5.04. The molecule has 156 valence electrons. The lowest BCUT2D eigenvalue weighted by molar-refractivity contribution is -0.115. The number of anilines is 2. The van der Waals surface area contributed by atoms with Gasteiger partial charge in [0.2, 0.25) is 5.91 Å². The fourth-order valence-corrected chi connectivity index (χ4v) is 4.54. The Balaban J connectivity index is 1.40. The van der Waals surface area contributed by atoms with Crippen LogP contribution in [-0.2, 0) is 24.1 Å². The highest BCUT2D eigenvalue weighted by Gasteiger charge is 2.25. The summed E-state index contributed by atoms with van der Waals surface area (Å²) < 4.78 is 2.15. The first kappa shape index (κ1) is 19.8. The zero-order valence-corrected chi connectivity index (χ0v) is 18.0. The van der Waals surface area contributed by atoms with Crippen molar-refractivity contribution in [3.8, 4) is 5.69 Å². The molecule has 2 heterocycles. The van der Waals surface area contributed by atoms with Gasteiger partial charge in [-0.25, -0.2) is 9.97 Å². The van der Waals surface area contributed by atoms with Gasteiger partial charge in [0.25, 0.3) is 0 Å². The first-order chi connectivity index (χ1) is 15.0. The molecule has 0 unspecified atom stereocenters. The summed E-state index contributed by atoms with van der Waals surface area (Å²) in [7, 11) is 0. The largest absolute Gasteiger partial charge is 0.382 e. The Morgan fingerprint density at radius 3 is 2.65 bits per heavy atom. The number of hydrogen-bond acceptors (Lipinski definition) is 4. The summed E-state index contributed by atoms with van der Waals surface area (Å²) in [6.45, 7) is 0. The topological polar surface area (TPSA) is 85.8 Å². The van der Waals surface area contributed by atoms with Crippen molar-refractivity contribution >= 4 is 51.6 Å². The second-order valence-corrected chi connectivity index (χ2v) is 8.41. The molecule has 0 aliphatic heterocycles. The molecule has 5 rings (SSSR count). The van der Waals surface area contributed by atoms with Crippen molar-refractivity contribution in [3.05, 3.63) is 75.7 Å². The molecule has 0 radical (unpaired) electrons. The second kappa shape index (κ2) is 7.87. The number of benzene rings is 2. The van der Waals surface area contributed by atoms with Gasteiger partial charge in [-0.3, -0.25) is 4.79 Å². The van der Waals surface area contributed by atoms with Crippen molar-refractivity contribution < 1.29 is 4.79 Å². The maximum absolute atomic E-state index is 12.4. The van der Waals surface area contributed by atoms with Crippen molar-refractivity contribution in [2.24, 2.45) is 0 Å². The van der Waals surface area contributed by atoms with Gasteiger partial charge < -0.3 is 15.6 Å². The average molecular weight is 452 g/mol. The zero-order valence-electron chi connectivity index (χ0n) is 16.5. The van der Waals surface area contributed by atoms with E-state index < -0.39 is 0 Å². The molecule has 0 atom stereocenters. The summed E-state index contributed by atoms with van der Waals surface area (Å²) in [5, 5.41) is 3.83. The summed E-state index contributed by atoms with van der Waals surface area (Å²) in [4.78, 5) is 21.1. The van der Waals surface area contributed by atoms with Gasteiger partial charge in [-0.1, -0.05) is 29.3 Å². The first-order valence-electron chi connectivity index (χ1n) is 9.98. The highest BCUT2D eigenvalue weighted by atomic mass is 35.5. The number of aromatic nitrogens is 3. The Bertz CT molecular complexity index is 1310. The number of nitrogens with zero attached hydrogens (tertiary/aromatic N) is 3. The van der Waals surface area contributed by atoms with Crippen LogP contribution < -0.4 is 11.1 Å². The number of rotatable bonds is 4. The first-order valence-corrected chi connectivity index (χ1v) is 10.7. The van der Waals surface area contributed by atoms with Crippen LogP contribution in [0.1, 0.15) is 23.2 Å². The minimum atomic E-state index is -0.129. The van der Waals surface area contributed by atoms with Crippen molar-refractivity contribution in [1.29, 1.82) is 0 Å². The highest BCUT2D eigenvalue weighted by Crippen LogP contribution is 2.36. The number of nitrogens with one attached hydrogen (secondary N) is 1. The Labute approximate surface area is 189 Å². The number of nitrogen functional groups attached to an aromatic ring is 1. The van der Waals surface area contributed by atoms with Crippen molar-refractivity contribution in [2.45, 2.75) is 25.7 Å². The average Bonchev–Trinajstić information content (AvgIpc) is 3.33. The molecular formula is C23H19Cl2N5O. The van der Waals surface area contributed by atoms with Crippen LogP contribution in [0.2, 0.25) is 10.0 Å². The van der Waals surface area contributed by atoms with Crippen molar-refractivity contribution in [1.82, 2.24) is 14.5 Å². The van der Waals surface area contributed by atoms with Crippen LogP contribution in [0.4, 0.5) is 11.5 Å². The summed E-state index contributed by atoms with van der Waals surface area (Å²) in [5.41, 5.74) is 12.9. The van der Waals surface area contributed by atoms with Crippen LogP contribution in [0.25, 0.3) is 16.7 Å². The molecule has 2 aromatic heterocycles. The third kappa shape index (κ3) is 3.62. The fraction of sp³-hybridized carbons (Fsp3) is 0.174. The number of fused-ring (bicyclic) bond motifs is 3. The molecule has 3 N–H and O–H groups in total. The predicted molar refractivity (Wildman–Crippen MR) is 124 cm³/mol. The molecule has 0 saturated heterocycles. The van der Waals surface area contributed by atoms with Crippen LogP contribution in [0, 0.1) is 0 Å². The van der Waals surface area contributed by atoms with Gasteiger partial charge in [0, 0.05) is 17.1 Å². The summed E-state index contributed by atoms with van der Waals surface area (Å²) >= 11 is 12.0. The molecular weight excluding hydrogens is 433 g/mol. The Morgan fingerprint density at radius 2 is 1.87 bits per heavy atom. The van der Waals surface area contributed by atoms with Gasteiger partial charge in [-0.05, 0) is 66.8 Å². The molecule has 1 aliphatic rings. The number of halogens is 2. The monoisotopic (exact) mass is 451 g/mol. The van der Waals surface area contributed by atoms with E-state index in [0.717, 1.165) is 41.5 Å². The standard InChI is InChI=1S/C23H19Cl2N5O/c24-17-9-4-13(10-18(17)25)11-20(31)29-14-5-7-15(8-6-14)30-19-3-1-2-16(19)21-22(30)23(26)28-12-27-21/h4-10,12H,1-3,11H2,(H,29,31)(H2,26,27,28). The van der Waals surface area contributed by atoms with E-state index >= 15 is 0 Å². The third-order valence-corrected chi connectivity index (χ3v) is 6.32. The molecule has 31 heavy (non-hydrogen) atoms. The molecule has 8 heteroatoms. The number of nitrogens with two attached hydrogens (primary N) is 1. The number of aryl methyl sites for hydroxylation is 1. The maximum atomic E-state index is 12.4. The number of amides is 1. The number of carbonyl (C=O) groups is 1. The molecule has 4 aromatic rings. The van der Waals surface area contributed by atoms with Gasteiger partial charge in [-0.2, -0.15) is 0 Å². The Hall–Kier alpha value is -3.09. The van der Waals surface area contributed by atoms with E-state index in [1.165, 1.54) is 17.6 Å². The van der Waals surface area contributed by atoms with Gasteiger partial charge in [0.1, 0.15) is 11.8 Å². The van der Waals surface area contributed by atoms with Crippen LogP contribution in [0.5, 0.6) is 0 Å². The number of hydrogen-bond donors (Lipinski definition) is 2. The molecule has 1 aliphatic carbocycles. The highest BCUT2D eigenvalue weighted by molar-refractivity contribution is 6.42. The summed E-state index contributed by atoms with van der Waals surface area (Å²) in [6, 6.07) is 12.9. The van der Waals surface area contributed by atoms with Crippen LogP contribution in [0.3, 0.4) is 0 Å². The molecule has 0 bridgehead atoms. The van der Waals surface area contributed by atoms with Crippen LogP contribution in [0.15, 0.2) is 48.8 Å². The van der Waals surface area contributed by atoms with Crippen molar-refractivity contribution in [3.63, 3.8) is 0 Å². The minimum Gasteiger partial charge on any atom is -0.382 e. The molecule has 2 aromatic carbocycles. The number of carbonyl (C=O) groups excluding carboxylic acids is 1. The van der Waals surface area contributed by atoms with E-state index in [1.807, 2.05) is 24.3 Å². The minimum absolute atomic E-state index is 0.129. The smallest absolute Gasteiger partial charge is 0.228 e. The fourth-order valence-electron chi connectivity index (χ4n) is 4.22. The van der Waals surface area contributed by atoms with Crippen LogP contribution in [-0.4, -0.2) is 20.4 Å². The van der Waals surface area contributed by atoms with E-state index in [9.17, 15) is 4.79 Å². The lowest BCUT2D eigenvalue weighted by atomic mass is 10.1. The molecule has 6 nitrogen and oxygen atoms in total. The van der Waals surface area contributed by atoms with Gasteiger partial charge in [0.05, 0.1) is 22.0 Å². The Morgan fingerprint density at radius 1 is 1.06 bits per heavy atom. The van der Waals surface area contributed by atoms with Gasteiger partial charge in [0.15, 0.2) is 5.82 Å². The summed E-state index contributed by atoms with van der Waals surface area (Å²) in [6.07, 6.45) is 4.81. The van der Waals surface area contributed by atoms with E-state index in [4.69, 9.17) is 28.9 Å². The second-order valence-electron chi connectivity index (χ2n) is 7.59. The van der Waals surface area contributed by atoms with E-state index in [1.54, 1.807) is 18.2 Å². The van der Waals surface area contributed by atoms with E-state index in [0.29, 0.717) is 21.6 Å². The van der Waals surface area contributed by atoms with E-state index in [-0.39, 0.29) is 12.3 Å². The van der Waals surface area contributed by atoms with Gasteiger partial charge in [-0.15, -0.1) is 0 Å². The van der Waals surface area contributed by atoms with Crippen LogP contribution >= 0.6 is 23.2 Å².